The minimum atomic E-state index is -4.95. The Morgan fingerprint density at radius 2 is 0.488 bits per heavy atom. The monoisotopic (exact) mass is 1270 g/mol. The number of esters is 4. The van der Waals surface area contributed by atoms with Gasteiger partial charge in [-0.3, -0.25) is 37.3 Å². The fraction of sp³-hybridized carbons (Fsp3) is 0.940. The number of phosphoric ester groups is 2. The molecule has 2 unspecified atom stereocenters. The van der Waals surface area contributed by atoms with Gasteiger partial charge in [0, 0.05) is 25.7 Å². The summed E-state index contributed by atoms with van der Waals surface area (Å²) in [5, 5.41) is 10.6. The molecule has 86 heavy (non-hydrogen) atoms. The van der Waals surface area contributed by atoms with Gasteiger partial charge in [-0.05, 0) is 49.4 Å². The zero-order chi connectivity index (χ0) is 63.9. The molecule has 3 N–H and O–H groups in total. The maximum atomic E-state index is 13.0. The number of hydrogen-bond acceptors (Lipinski definition) is 15. The zero-order valence-electron chi connectivity index (χ0n) is 55.9. The van der Waals surface area contributed by atoms with Gasteiger partial charge in [-0.2, -0.15) is 0 Å². The molecule has 0 aliphatic rings. The number of phosphoric acid groups is 2. The summed E-state index contributed by atoms with van der Waals surface area (Å²) in [5.74, 6) is 0.752. The van der Waals surface area contributed by atoms with Gasteiger partial charge in [-0.15, -0.1) is 0 Å². The van der Waals surface area contributed by atoms with Gasteiger partial charge in [-0.25, -0.2) is 9.13 Å². The van der Waals surface area contributed by atoms with Crippen molar-refractivity contribution in [2.45, 2.75) is 343 Å². The molecule has 0 radical (unpaired) electrons. The first-order valence-electron chi connectivity index (χ1n) is 34.7. The van der Waals surface area contributed by atoms with E-state index >= 15 is 0 Å². The van der Waals surface area contributed by atoms with Crippen molar-refractivity contribution in [2.24, 2.45) is 23.7 Å². The van der Waals surface area contributed by atoms with Crippen molar-refractivity contribution in [3.63, 3.8) is 0 Å². The van der Waals surface area contributed by atoms with Crippen LogP contribution in [0.15, 0.2) is 0 Å². The van der Waals surface area contributed by atoms with Crippen molar-refractivity contribution >= 4 is 39.5 Å². The molecular formula is C67H130O17P2. The van der Waals surface area contributed by atoms with Gasteiger partial charge in [0.1, 0.15) is 19.3 Å². The summed E-state index contributed by atoms with van der Waals surface area (Å²) >= 11 is 0. The number of aliphatic hydroxyl groups excluding tert-OH is 1. The van der Waals surface area contributed by atoms with E-state index in [0.29, 0.717) is 37.5 Å². The average molecular weight is 1270 g/mol. The van der Waals surface area contributed by atoms with Gasteiger partial charge in [0.15, 0.2) is 12.2 Å². The number of ether oxygens (including phenoxy) is 4. The average Bonchev–Trinajstić information content (AvgIpc) is 3.62. The van der Waals surface area contributed by atoms with Crippen LogP contribution in [0.5, 0.6) is 0 Å². The summed E-state index contributed by atoms with van der Waals surface area (Å²) in [7, 11) is -9.89. The molecule has 19 heteroatoms. The molecule has 0 aromatic heterocycles. The van der Waals surface area contributed by atoms with Crippen LogP contribution >= 0.6 is 15.6 Å². The first kappa shape index (κ1) is 84.1. The molecule has 0 aliphatic heterocycles. The van der Waals surface area contributed by atoms with Crippen molar-refractivity contribution in [2.75, 3.05) is 39.6 Å². The smallest absolute Gasteiger partial charge is 0.462 e. The Balaban J connectivity index is 5.23. The lowest BCUT2D eigenvalue weighted by atomic mass is 10.0. The molecule has 0 aliphatic carbocycles. The minimum Gasteiger partial charge on any atom is -0.462 e. The molecule has 0 heterocycles. The lowest BCUT2D eigenvalue weighted by Crippen LogP contribution is -2.30. The highest BCUT2D eigenvalue weighted by molar-refractivity contribution is 7.47. The van der Waals surface area contributed by atoms with Crippen LogP contribution in [0.3, 0.4) is 0 Å². The number of hydrogen-bond donors (Lipinski definition) is 3. The Kier molecular flexibility index (Phi) is 55.7. The molecule has 0 bridgehead atoms. The van der Waals surface area contributed by atoms with E-state index in [0.717, 1.165) is 115 Å². The summed E-state index contributed by atoms with van der Waals surface area (Å²) in [6, 6.07) is 0. The molecule has 5 atom stereocenters. The van der Waals surface area contributed by atoms with Crippen molar-refractivity contribution in [1.29, 1.82) is 0 Å². The van der Waals surface area contributed by atoms with Crippen LogP contribution < -0.4 is 0 Å². The van der Waals surface area contributed by atoms with Gasteiger partial charge in [0.2, 0.25) is 0 Å². The number of unbranched alkanes of at least 4 members (excludes halogenated alkanes) is 30. The first-order valence-corrected chi connectivity index (χ1v) is 37.7. The van der Waals surface area contributed by atoms with E-state index in [4.69, 9.17) is 37.0 Å². The van der Waals surface area contributed by atoms with Crippen molar-refractivity contribution in [1.82, 2.24) is 0 Å². The second-order valence-corrected chi connectivity index (χ2v) is 29.0. The van der Waals surface area contributed by atoms with Crippen LogP contribution in [0.25, 0.3) is 0 Å². The first-order chi connectivity index (χ1) is 41.1. The molecule has 510 valence electrons. The molecule has 0 saturated heterocycles. The SMILES string of the molecule is CC(C)CCCCCCCCCCCCCCCC(=O)O[C@H](COC(=O)CCCCCCCCCC(C)C)COP(=O)(O)OC[C@@H](O)COP(=O)(O)OC[C@@H](COC(=O)CCCCCCCCC(C)C)OC(=O)CCCCCCCCCCC(C)C. The Morgan fingerprint density at radius 1 is 0.291 bits per heavy atom. The molecule has 0 aromatic carbocycles. The molecule has 0 aromatic rings. The normalized spacial score (nSPS) is 14.4. The van der Waals surface area contributed by atoms with Crippen LogP contribution in [0.2, 0.25) is 0 Å². The summed E-state index contributed by atoms with van der Waals surface area (Å²) < 4.78 is 68.1. The van der Waals surface area contributed by atoms with E-state index in [1.165, 1.54) is 116 Å². The van der Waals surface area contributed by atoms with Crippen molar-refractivity contribution < 1.29 is 80.2 Å². The third-order valence-electron chi connectivity index (χ3n) is 15.3. The molecular weight excluding hydrogens is 1140 g/mol. The predicted molar refractivity (Wildman–Crippen MR) is 344 cm³/mol. The topological polar surface area (TPSA) is 237 Å². The highest BCUT2D eigenvalue weighted by atomic mass is 31.2. The maximum absolute atomic E-state index is 13.0. The van der Waals surface area contributed by atoms with Gasteiger partial charge >= 0.3 is 39.5 Å². The molecule has 17 nitrogen and oxygen atoms in total. The quantitative estimate of drug-likeness (QED) is 0.0222. The lowest BCUT2D eigenvalue weighted by molar-refractivity contribution is -0.161. The molecule has 0 saturated carbocycles. The van der Waals surface area contributed by atoms with Crippen molar-refractivity contribution in [3.05, 3.63) is 0 Å². The Labute approximate surface area is 524 Å². The van der Waals surface area contributed by atoms with Crippen LogP contribution in [0.1, 0.15) is 325 Å². The number of carbonyl (C=O) groups excluding carboxylic acids is 4. The van der Waals surface area contributed by atoms with E-state index in [1.54, 1.807) is 0 Å². The van der Waals surface area contributed by atoms with Gasteiger partial charge in [0.25, 0.3) is 0 Å². The van der Waals surface area contributed by atoms with Gasteiger partial charge in [0.05, 0.1) is 26.4 Å². The Hall–Kier alpha value is -1.94. The van der Waals surface area contributed by atoms with Crippen LogP contribution in [0, 0.1) is 23.7 Å². The number of aliphatic hydroxyl groups is 1. The van der Waals surface area contributed by atoms with Gasteiger partial charge < -0.3 is 33.8 Å². The minimum absolute atomic E-state index is 0.103. The zero-order valence-corrected chi connectivity index (χ0v) is 57.7. The van der Waals surface area contributed by atoms with E-state index in [9.17, 15) is 43.2 Å². The molecule has 0 rings (SSSR count). The Morgan fingerprint density at radius 3 is 0.721 bits per heavy atom. The van der Waals surface area contributed by atoms with E-state index in [-0.39, 0.29) is 25.7 Å². The van der Waals surface area contributed by atoms with E-state index in [1.807, 2.05) is 0 Å². The summed E-state index contributed by atoms with van der Waals surface area (Å²) in [6.07, 6.45) is 37.8. The molecule has 0 spiro atoms. The molecule has 0 amide bonds. The van der Waals surface area contributed by atoms with Crippen LogP contribution in [0.4, 0.5) is 0 Å². The largest absolute Gasteiger partial charge is 0.472 e. The third kappa shape index (κ3) is 60.9. The van der Waals surface area contributed by atoms with E-state index in [2.05, 4.69) is 55.4 Å². The standard InChI is InChI=1S/C67H130O17P2/c1-57(2)43-35-27-19-14-12-10-9-11-13-15-22-33-41-49-66(71)83-62(53-77-64(69)47-39-31-24-18-21-29-37-45-59(5)6)55-81-85(73,74)79-51-61(68)52-80-86(75,76)82-56-63(54-78-65(70)48-40-32-26-25-30-38-46-60(7)8)84-67(72)50-42-34-23-17-16-20-28-36-44-58(3)4/h57-63,68H,9-56H2,1-8H3,(H,73,74)(H,75,76)/t61-,62-,63-/m1/s1. The summed E-state index contributed by atoms with van der Waals surface area (Å²) in [6.45, 7) is 14.0. The van der Waals surface area contributed by atoms with Crippen LogP contribution in [-0.2, 0) is 65.4 Å². The third-order valence-corrected chi connectivity index (χ3v) is 17.2. The van der Waals surface area contributed by atoms with E-state index < -0.39 is 97.5 Å². The summed E-state index contributed by atoms with van der Waals surface area (Å²) in [5.41, 5.74) is 0. The fourth-order valence-corrected chi connectivity index (χ4v) is 11.5. The number of rotatable bonds is 64. The summed E-state index contributed by atoms with van der Waals surface area (Å²) in [4.78, 5) is 72.3. The Bertz CT molecular complexity index is 1710. The highest BCUT2D eigenvalue weighted by Gasteiger charge is 2.30. The fourth-order valence-electron chi connectivity index (χ4n) is 9.96. The number of carbonyl (C=O) groups is 4. The van der Waals surface area contributed by atoms with Gasteiger partial charge in [-0.1, -0.05) is 274 Å². The molecule has 0 fully saturated rings. The maximum Gasteiger partial charge on any atom is 0.472 e. The highest BCUT2D eigenvalue weighted by Crippen LogP contribution is 2.45. The lowest BCUT2D eigenvalue weighted by Gasteiger charge is -2.21. The second-order valence-electron chi connectivity index (χ2n) is 26.1. The van der Waals surface area contributed by atoms with Crippen LogP contribution in [-0.4, -0.2) is 96.7 Å². The predicted octanol–water partition coefficient (Wildman–Crippen LogP) is 18.5. The second kappa shape index (κ2) is 57.0. The van der Waals surface area contributed by atoms with Crippen molar-refractivity contribution in [3.8, 4) is 0 Å².